The quantitative estimate of drug-likeness (QED) is 0.844. The first-order valence-electron chi connectivity index (χ1n) is 10.3. The predicted molar refractivity (Wildman–Crippen MR) is 102 cm³/mol. The van der Waals surface area contributed by atoms with E-state index in [2.05, 4.69) is 15.2 Å². The molecule has 6 nitrogen and oxygen atoms in total. The number of piperidine rings is 1. The number of carbonyl (C=O) groups is 1. The van der Waals surface area contributed by atoms with Crippen LogP contribution < -0.4 is 5.32 Å². The second-order valence-electron chi connectivity index (χ2n) is 8.09. The normalized spacial score (nSPS) is 24.6. The molecule has 2 fully saturated rings. The van der Waals surface area contributed by atoms with Crippen LogP contribution in [0.1, 0.15) is 69.7 Å². The average molecular weight is 363 g/mol. The van der Waals surface area contributed by atoms with Crippen LogP contribution in [0.4, 0.5) is 0 Å². The number of hydrogen-bond donors (Lipinski definition) is 2. The summed E-state index contributed by atoms with van der Waals surface area (Å²) in [4.78, 5) is 19.0. The van der Waals surface area contributed by atoms with Crippen LogP contribution in [-0.2, 0) is 11.8 Å². The third-order valence-corrected chi connectivity index (χ3v) is 5.95. The Bertz CT molecular complexity index is 566. The number of aliphatic hydroxyl groups is 1. The van der Waals surface area contributed by atoms with Gasteiger partial charge >= 0.3 is 0 Å². The molecule has 1 amide bonds. The zero-order chi connectivity index (χ0) is 18.4. The molecule has 0 spiro atoms. The highest BCUT2D eigenvalue weighted by atomic mass is 16.3. The maximum atomic E-state index is 12.5. The molecule has 1 aromatic rings. The van der Waals surface area contributed by atoms with Gasteiger partial charge < -0.3 is 15.0 Å². The van der Waals surface area contributed by atoms with Crippen LogP contribution >= 0.6 is 0 Å². The van der Waals surface area contributed by atoms with Crippen molar-refractivity contribution < 1.29 is 9.90 Å². The number of amides is 1. The summed E-state index contributed by atoms with van der Waals surface area (Å²) in [5.41, 5.74) is 0. The van der Waals surface area contributed by atoms with Gasteiger partial charge in [0, 0.05) is 37.9 Å². The van der Waals surface area contributed by atoms with Gasteiger partial charge in [-0.1, -0.05) is 32.1 Å². The van der Waals surface area contributed by atoms with Gasteiger partial charge in [0.25, 0.3) is 0 Å². The van der Waals surface area contributed by atoms with E-state index in [9.17, 15) is 9.90 Å². The van der Waals surface area contributed by atoms with Crippen LogP contribution in [0.15, 0.2) is 12.4 Å². The van der Waals surface area contributed by atoms with Crippen LogP contribution in [0.25, 0.3) is 0 Å². The first kappa shape index (κ1) is 19.4. The summed E-state index contributed by atoms with van der Waals surface area (Å²) >= 11 is 0. The van der Waals surface area contributed by atoms with E-state index in [1.165, 1.54) is 32.1 Å². The number of carbonyl (C=O) groups excluding carboxylic acids is 1. The molecule has 0 unspecified atom stereocenters. The first-order valence-corrected chi connectivity index (χ1v) is 10.3. The van der Waals surface area contributed by atoms with Gasteiger partial charge in [0.05, 0.1) is 6.54 Å². The Hall–Kier alpha value is -1.40. The second-order valence-corrected chi connectivity index (χ2v) is 8.09. The molecule has 2 N–H and O–H groups in total. The Morgan fingerprint density at radius 2 is 1.96 bits per heavy atom. The number of aryl methyl sites for hydroxylation is 1. The van der Waals surface area contributed by atoms with Crippen LogP contribution in [0.2, 0.25) is 0 Å². The van der Waals surface area contributed by atoms with Crippen LogP contribution in [0.3, 0.4) is 0 Å². The molecule has 1 saturated heterocycles. The summed E-state index contributed by atoms with van der Waals surface area (Å²) < 4.78 is 1.88. The van der Waals surface area contributed by atoms with Gasteiger partial charge in [0.1, 0.15) is 11.9 Å². The summed E-state index contributed by atoms with van der Waals surface area (Å²) in [7, 11) is 1.91. The van der Waals surface area contributed by atoms with Crippen molar-refractivity contribution in [1.82, 2.24) is 19.8 Å². The zero-order valence-electron chi connectivity index (χ0n) is 16.1. The molecule has 146 valence electrons. The number of likely N-dealkylation sites (tertiary alicyclic amines) is 1. The highest BCUT2D eigenvalue weighted by Gasteiger charge is 2.30. The molecule has 2 atom stereocenters. The molecule has 2 aliphatic rings. The Kier molecular flexibility index (Phi) is 7.08. The monoisotopic (exact) mass is 362 g/mol. The lowest BCUT2D eigenvalue weighted by molar-refractivity contribution is -0.123. The third-order valence-electron chi connectivity index (χ3n) is 5.95. The third kappa shape index (κ3) is 5.30. The number of nitrogens with zero attached hydrogens (tertiary/aromatic N) is 3. The lowest BCUT2D eigenvalue weighted by Gasteiger charge is -2.34. The summed E-state index contributed by atoms with van der Waals surface area (Å²) in [5.74, 6) is 0.998. The lowest BCUT2D eigenvalue weighted by Crippen LogP contribution is -2.46. The largest absolute Gasteiger partial charge is 0.385 e. The maximum Gasteiger partial charge on any atom is 0.234 e. The van der Waals surface area contributed by atoms with Crippen molar-refractivity contribution in [3.63, 3.8) is 0 Å². The number of rotatable bonds is 5. The molecule has 3 rings (SSSR count). The Labute approximate surface area is 157 Å². The first-order chi connectivity index (χ1) is 12.6. The molecule has 26 heavy (non-hydrogen) atoms. The average Bonchev–Trinajstić information content (AvgIpc) is 3.03. The van der Waals surface area contributed by atoms with E-state index in [0.717, 1.165) is 44.6 Å². The molecule has 1 aliphatic heterocycles. The van der Waals surface area contributed by atoms with E-state index < -0.39 is 6.10 Å². The van der Waals surface area contributed by atoms with Crippen LogP contribution in [0, 0.1) is 5.92 Å². The molecule has 1 aliphatic carbocycles. The van der Waals surface area contributed by atoms with E-state index in [4.69, 9.17) is 0 Å². The molecule has 0 aromatic carbocycles. The molecule has 6 heteroatoms. The SMILES string of the molecule is Cn1ccnc1[C@@H](O)[C@@H]1CCCN(CC(=O)NC2CCCCCCC2)C1. The number of aliphatic hydroxyl groups excluding tert-OH is 1. The fourth-order valence-electron chi connectivity index (χ4n) is 4.44. The molecular formula is C20H34N4O2. The Morgan fingerprint density at radius 1 is 1.23 bits per heavy atom. The summed E-state index contributed by atoms with van der Waals surface area (Å²) in [6.07, 6.45) is 13.6. The molecule has 0 radical (unpaired) electrons. The van der Waals surface area contributed by atoms with E-state index in [1.54, 1.807) is 6.20 Å². The molecule has 2 heterocycles. The minimum atomic E-state index is -0.563. The second kappa shape index (κ2) is 9.51. The number of imidazole rings is 1. The lowest BCUT2D eigenvalue weighted by atomic mass is 9.92. The van der Waals surface area contributed by atoms with Gasteiger partial charge in [-0.25, -0.2) is 4.98 Å². The van der Waals surface area contributed by atoms with Crippen molar-refractivity contribution in [1.29, 1.82) is 0 Å². The highest BCUT2D eigenvalue weighted by molar-refractivity contribution is 5.78. The fraction of sp³-hybridized carbons (Fsp3) is 0.800. The van der Waals surface area contributed by atoms with Gasteiger partial charge in [0.15, 0.2) is 0 Å². The topological polar surface area (TPSA) is 70.4 Å². The van der Waals surface area contributed by atoms with Gasteiger partial charge in [-0.15, -0.1) is 0 Å². The molecule has 1 aromatic heterocycles. The number of aromatic nitrogens is 2. The summed E-state index contributed by atoms with van der Waals surface area (Å²) in [5, 5.41) is 13.9. The van der Waals surface area contributed by atoms with Crippen LogP contribution in [-0.4, -0.2) is 51.1 Å². The smallest absolute Gasteiger partial charge is 0.234 e. The van der Waals surface area contributed by atoms with E-state index in [-0.39, 0.29) is 11.8 Å². The van der Waals surface area contributed by atoms with Crippen molar-refractivity contribution in [2.45, 2.75) is 69.9 Å². The Morgan fingerprint density at radius 3 is 2.65 bits per heavy atom. The zero-order valence-corrected chi connectivity index (χ0v) is 16.1. The predicted octanol–water partition coefficient (Wildman–Crippen LogP) is 2.39. The number of nitrogens with one attached hydrogen (secondary N) is 1. The van der Waals surface area contributed by atoms with Crippen molar-refractivity contribution in [2.75, 3.05) is 19.6 Å². The number of hydrogen-bond acceptors (Lipinski definition) is 4. The van der Waals surface area contributed by atoms with Crippen molar-refractivity contribution in [3.05, 3.63) is 18.2 Å². The van der Waals surface area contributed by atoms with E-state index in [1.807, 2.05) is 17.8 Å². The van der Waals surface area contributed by atoms with Gasteiger partial charge in [-0.2, -0.15) is 0 Å². The Balaban J connectivity index is 1.48. The van der Waals surface area contributed by atoms with Crippen molar-refractivity contribution in [3.8, 4) is 0 Å². The van der Waals surface area contributed by atoms with Gasteiger partial charge in [-0.05, 0) is 32.2 Å². The standard InChI is InChI=1S/C20H34N4O2/c1-23-13-11-21-20(23)19(26)16-8-7-12-24(14-16)15-18(25)22-17-9-5-3-2-4-6-10-17/h11,13,16-17,19,26H,2-10,12,14-15H2,1H3,(H,22,25)/t16-,19+/m1/s1. The summed E-state index contributed by atoms with van der Waals surface area (Å²) in [6.45, 7) is 2.13. The van der Waals surface area contributed by atoms with Crippen LogP contribution in [0.5, 0.6) is 0 Å². The van der Waals surface area contributed by atoms with Gasteiger partial charge in [-0.3, -0.25) is 9.69 Å². The fourth-order valence-corrected chi connectivity index (χ4v) is 4.44. The highest BCUT2D eigenvalue weighted by Crippen LogP contribution is 2.28. The summed E-state index contributed by atoms with van der Waals surface area (Å²) in [6, 6.07) is 0.349. The van der Waals surface area contributed by atoms with Gasteiger partial charge in [0.2, 0.25) is 5.91 Å². The minimum Gasteiger partial charge on any atom is -0.385 e. The minimum absolute atomic E-state index is 0.138. The maximum absolute atomic E-state index is 12.5. The molecule has 0 bridgehead atoms. The van der Waals surface area contributed by atoms with E-state index >= 15 is 0 Å². The molecular weight excluding hydrogens is 328 g/mol. The van der Waals surface area contributed by atoms with E-state index in [0.29, 0.717) is 12.6 Å². The van der Waals surface area contributed by atoms with Crippen molar-refractivity contribution in [2.24, 2.45) is 13.0 Å². The van der Waals surface area contributed by atoms with Crippen molar-refractivity contribution >= 4 is 5.91 Å². The molecule has 1 saturated carbocycles.